The highest BCUT2D eigenvalue weighted by molar-refractivity contribution is 5.89. The molecule has 1 fully saturated rings. The Hall–Kier alpha value is -3.65. The number of amides is 1. The molecule has 0 saturated carbocycles. The number of aromatic nitrogens is 1. The van der Waals surface area contributed by atoms with Gasteiger partial charge in [-0.2, -0.15) is 0 Å². The average molecular weight is 478 g/mol. The van der Waals surface area contributed by atoms with E-state index in [9.17, 15) is 24.6 Å². The molecule has 2 heterocycles. The smallest absolute Gasteiger partial charge is 0.326 e. The van der Waals surface area contributed by atoms with Gasteiger partial charge in [0.05, 0.1) is 6.04 Å². The van der Waals surface area contributed by atoms with Gasteiger partial charge < -0.3 is 20.1 Å². The third-order valence-corrected chi connectivity index (χ3v) is 6.74. The zero-order chi connectivity index (χ0) is 24.8. The summed E-state index contributed by atoms with van der Waals surface area (Å²) in [5, 5.41) is 23.8. The number of rotatable bonds is 10. The van der Waals surface area contributed by atoms with E-state index in [1.54, 1.807) is 6.20 Å². The third-order valence-electron chi connectivity index (χ3n) is 6.74. The Balaban J connectivity index is 1.50. The lowest BCUT2D eigenvalue weighted by Crippen LogP contribution is -2.55. The number of likely N-dealkylation sites (tertiary alicyclic amines) is 1. The van der Waals surface area contributed by atoms with Crippen molar-refractivity contribution in [3.63, 3.8) is 0 Å². The van der Waals surface area contributed by atoms with E-state index in [4.69, 9.17) is 0 Å². The molecule has 3 atom stereocenters. The molecule has 8 nitrogen and oxygen atoms in total. The van der Waals surface area contributed by atoms with Crippen molar-refractivity contribution in [2.75, 3.05) is 6.54 Å². The summed E-state index contributed by atoms with van der Waals surface area (Å²) in [6.07, 6.45) is 4.73. The number of carboxylic acids is 2. The number of carboxylic acid groups (broad SMARTS) is 2. The van der Waals surface area contributed by atoms with Crippen LogP contribution in [-0.2, 0) is 27.2 Å². The summed E-state index contributed by atoms with van der Waals surface area (Å²) in [4.78, 5) is 42.4. The summed E-state index contributed by atoms with van der Waals surface area (Å²) in [5.41, 5.74) is 2.77. The number of hydrogen-bond acceptors (Lipinski definition) is 4. The summed E-state index contributed by atoms with van der Waals surface area (Å²) in [6, 6.07) is 14.6. The third kappa shape index (κ3) is 5.89. The highest BCUT2D eigenvalue weighted by atomic mass is 16.4. The molecule has 2 unspecified atom stereocenters. The van der Waals surface area contributed by atoms with E-state index in [0.29, 0.717) is 38.6 Å². The summed E-state index contributed by atoms with van der Waals surface area (Å²) < 4.78 is 0. The van der Waals surface area contributed by atoms with E-state index in [-0.39, 0.29) is 12.3 Å². The maximum Gasteiger partial charge on any atom is 0.326 e. The van der Waals surface area contributed by atoms with Gasteiger partial charge in [0.1, 0.15) is 12.1 Å². The highest BCUT2D eigenvalue weighted by Crippen LogP contribution is 2.23. The number of carbonyl (C=O) groups excluding carboxylic acids is 1. The summed E-state index contributed by atoms with van der Waals surface area (Å²) >= 11 is 0. The number of benzene rings is 2. The van der Waals surface area contributed by atoms with Gasteiger partial charge in [0, 0.05) is 30.1 Å². The Labute approximate surface area is 204 Å². The van der Waals surface area contributed by atoms with Crippen molar-refractivity contribution in [1.82, 2.24) is 15.2 Å². The van der Waals surface area contributed by atoms with Crippen LogP contribution in [0.2, 0.25) is 0 Å². The molecule has 4 N–H and O–H groups in total. The van der Waals surface area contributed by atoms with Crippen molar-refractivity contribution in [2.45, 2.75) is 56.7 Å². The minimum atomic E-state index is -1.07. The lowest BCUT2D eigenvalue weighted by molar-refractivity contribution is -0.151. The quantitative estimate of drug-likeness (QED) is 0.356. The Kier molecular flexibility index (Phi) is 7.82. The lowest BCUT2D eigenvalue weighted by Gasteiger charge is -2.31. The molecular weight excluding hydrogens is 446 g/mol. The maximum atomic E-state index is 13.5. The van der Waals surface area contributed by atoms with Crippen LogP contribution in [0.25, 0.3) is 10.9 Å². The van der Waals surface area contributed by atoms with Crippen LogP contribution in [0.3, 0.4) is 0 Å². The van der Waals surface area contributed by atoms with Crippen LogP contribution in [0.4, 0.5) is 0 Å². The number of nitrogens with zero attached hydrogens (tertiary/aromatic N) is 1. The lowest BCUT2D eigenvalue weighted by atomic mass is 10.0. The minimum Gasteiger partial charge on any atom is -0.480 e. The first-order chi connectivity index (χ1) is 16.9. The van der Waals surface area contributed by atoms with Gasteiger partial charge in [-0.25, -0.2) is 4.79 Å². The van der Waals surface area contributed by atoms with Gasteiger partial charge in [-0.05, 0) is 49.3 Å². The number of carbonyl (C=O) groups is 3. The van der Waals surface area contributed by atoms with Gasteiger partial charge in [-0.3, -0.25) is 14.9 Å². The first-order valence-corrected chi connectivity index (χ1v) is 12.0. The van der Waals surface area contributed by atoms with Crippen LogP contribution in [0, 0.1) is 0 Å². The monoisotopic (exact) mass is 477 g/mol. The number of aryl methyl sites for hydroxylation is 1. The number of aliphatic carboxylic acids is 2. The molecule has 1 aliphatic heterocycles. The van der Waals surface area contributed by atoms with E-state index >= 15 is 0 Å². The molecule has 1 aromatic heterocycles. The van der Waals surface area contributed by atoms with E-state index < -0.39 is 30.1 Å². The van der Waals surface area contributed by atoms with Crippen molar-refractivity contribution in [1.29, 1.82) is 0 Å². The summed E-state index contributed by atoms with van der Waals surface area (Å²) in [6.45, 7) is 0.331. The molecule has 1 amide bonds. The second kappa shape index (κ2) is 11.2. The number of aromatic amines is 1. The van der Waals surface area contributed by atoms with Crippen LogP contribution in [0.5, 0.6) is 0 Å². The van der Waals surface area contributed by atoms with Crippen molar-refractivity contribution < 1.29 is 24.6 Å². The number of H-pyrrole nitrogens is 1. The Morgan fingerprint density at radius 1 is 1.03 bits per heavy atom. The van der Waals surface area contributed by atoms with Crippen molar-refractivity contribution in [3.8, 4) is 0 Å². The largest absolute Gasteiger partial charge is 0.480 e. The standard InChI is InChI=1S/C27H31N3O5/c31-25-22(29-23(26(32)33)14-13-18-8-2-1-3-9-18)12-6-7-15-30(25)24(27(34)35)16-19-17-28-21-11-5-4-10-20(19)21/h1-5,8-11,17,22-24,28-29H,6-7,12-16H2,(H,32,33)(H,34,35)/t22-,23?,24?/m0/s1. The fourth-order valence-electron chi connectivity index (χ4n) is 4.84. The highest BCUT2D eigenvalue weighted by Gasteiger charge is 2.37. The van der Waals surface area contributed by atoms with Crippen LogP contribution in [0.15, 0.2) is 60.8 Å². The molecule has 3 aromatic rings. The fourth-order valence-corrected chi connectivity index (χ4v) is 4.84. The summed E-state index contributed by atoms with van der Waals surface area (Å²) in [7, 11) is 0. The number of para-hydroxylation sites is 1. The van der Waals surface area contributed by atoms with Gasteiger partial charge in [0.25, 0.3) is 0 Å². The predicted octanol–water partition coefficient (Wildman–Crippen LogP) is 3.22. The second-order valence-corrected chi connectivity index (χ2v) is 9.08. The minimum absolute atomic E-state index is 0.175. The molecule has 2 aromatic carbocycles. The molecule has 0 bridgehead atoms. The topological polar surface area (TPSA) is 123 Å². The van der Waals surface area contributed by atoms with E-state index in [1.165, 1.54) is 4.90 Å². The van der Waals surface area contributed by atoms with Gasteiger partial charge >= 0.3 is 11.9 Å². The first kappa shape index (κ1) is 24.5. The molecule has 0 aliphatic carbocycles. The molecule has 4 rings (SSSR count). The molecule has 1 aliphatic rings. The molecule has 8 heteroatoms. The van der Waals surface area contributed by atoms with Crippen LogP contribution in [0.1, 0.15) is 36.8 Å². The maximum absolute atomic E-state index is 13.5. The normalized spacial score (nSPS) is 18.2. The SMILES string of the molecule is O=C(O)C(CCc1ccccc1)N[C@H]1CCCCN(C(Cc2c[nH]c3ccccc23)C(=O)O)C1=O. The average Bonchev–Trinajstić information content (AvgIpc) is 3.18. The van der Waals surface area contributed by atoms with Gasteiger partial charge in [-0.15, -0.1) is 0 Å². The Morgan fingerprint density at radius 3 is 2.51 bits per heavy atom. The molecular formula is C27H31N3O5. The molecule has 0 radical (unpaired) electrons. The predicted molar refractivity (Wildman–Crippen MR) is 132 cm³/mol. The number of hydrogen-bond donors (Lipinski definition) is 4. The van der Waals surface area contributed by atoms with Crippen molar-refractivity contribution >= 4 is 28.7 Å². The zero-order valence-corrected chi connectivity index (χ0v) is 19.5. The summed E-state index contributed by atoms with van der Waals surface area (Å²) in [5.74, 6) is -2.43. The van der Waals surface area contributed by atoms with E-state index in [0.717, 1.165) is 22.0 Å². The van der Waals surface area contributed by atoms with Crippen molar-refractivity contribution in [3.05, 3.63) is 71.9 Å². The van der Waals surface area contributed by atoms with Gasteiger partial charge in [-0.1, -0.05) is 48.5 Å². The Bertz CT molecular complexity index is 1180. The van der Waals surface area contributed by atoms with E-state index in [2.05, 4.69) is 10.3 Å². The number of nitrogens with one attached hydrogen (secondary N) is 2. The second-order valence-electron chi connectivity index (χ2n) is 9.08. The molecule has 35 heavy (non-hydrogen) atoms. The Morgan fingerprint density at radius 2 is 1.77 bits per heavy atom. The van der Waals surface area contributed by atoms with E-state index in [1.807, 2.05) is 54.6 Å². The number of fused-ring (bicyclic) bond motifs is 1. The molecule has 1 saturated heterocycles. The zero-order valence-electron chi connectivity index (χ0n) is 19.5. The van der Waals surface area contributed by atoms with Gasteiger partial charge in [0.15, 0.2) is 0 Å². The molecule has 184 valence electrons. The fraction of sp³-hybridized carbons (Fsp3) is 0.370. The van der Waals surface area contributed by atoms with Crippen molar-refractivity contribution in [2.24, 2.45) is 0 Å². The molecule has 0 spiro atoms. The van der Waals surface area contributed by atoms with Gasteiger partial charge in [0.2, 0.25) is 5.91 Å². The first-order valence-electron chi connectivity index (χ1n) is 12.0. The van der Waals surface area contributed by atoms with Crippen LogP contribution >= 0.6 is 0 Å². The van der Waals surface area contributed by atoms with Crippen LogP contribution < -0.4 is 5.32 Å². The van der Waals surface area contributed by atoms with Crippen LogP contribution in [-0.4, -0.2) is 62.6 Å².